The number of benzene rings is 2. The summed E-state index contributed by atoms with van der Waals surface area (Å²) in [6.45, 7) is 2.18. The Bertz CT molecular complexity index is 1270. The van der Waals surface area contributed by atoms with E-state index in [0.29, 0.717) is 16.5 Å². The number of ether oxygens (including phenoxy) is 2. The van der Waals surface area contributed by atoms with Crippen molar-refractivity contribution in [3.05, 3.63) is 94.9 Å². The highest BCUT2D eigenvalue weighted by molar-refractivity contribution is 6.30. The maximum absolute atomic E-state index is 13.1. The van der Waals surface area contributed by atoms with Gasteiger partial charge >= 0.3 is 0 Å². The molecule has 2 unspecified atom stereocenters. The number of carbonyl (C=O) groups excluding carboxylic acids is 1. The number of nitrogens with one attached hydrogen (secondary N) is 1. The van der Waals surface area contributed by atoms with Gasteiger partial charge in [0.25, 0.3) is 0 Å². The van der Waals surface area contributed by atoms with Gasteiger partial charge in [0.1, 0.15) is 5.65 Å². The van der Waals surface area contributed by atoms with Gasteiger partial charge in [-0.05, 0) is 42.3 Å². The topological polar surface area (TPSA) is 64.9 Å². The van der Waals surface area contributed by atoms with Crippen LogP contribution >= 0.6 is 11.6 Å². The predicted octanol–water partition coefficient (Wildman–Crippen LogP) is 5.12. The van der Waals surface area contributed by atoms with Crippen LogP contribution in [0.5, 0.6) is 11.5 Å². The van der Waals surface area contributed by atoms with Crippen molar-refractivity contribution in [2.75, 3.05) is 6.79 Å². The van der Waals surface area contributed by atoms with Crippen LogP contribution in [0.1, 0.15) is 42.1 Å². The van der Waals surface area contributed by atoms with E-state index < -0.39 is 0 Å². The molecule has 0 saturated carbocycles. The Balaban J connectivity index is 1.48. The van der Waals surface area contributed by atoms with Gasteiger partial charge in [-0.15, -0.1) is 0 Å². The molecule has 6 nitrogen and oxygen atoms in total. The molecule has 2 aromatic carbocycles. The molecule has 1 aliphatic rings. The molecule has 2 aromatic heterocycles. The third kappa shape index (κ3) is 4.01. The molecule has 2 atom stereocenters. The number of rotatable bonds is 6. The third-order valence-corrected chi connectivity index (χ3v) is 5.94. The van der Waals surface area contributed by atoms with Gasteiger partial charge in [-0.3, -0.25) is 4.79 Å². The van der Waals surface area contributed by atoms with Crippen molar-refractivity contribution in [2.45, 2.75) is 25.3 Å². The molecule has 1 aliphatic heterocycles. The molecule has 32 heavy (non-hydrogen) atoms. The first-order valence-corrected chi connectivity index (χ1v) is 10.8. The number of aromatic nitrogens is 2. The standard InChI is InChI=1S/C25H22ClN3O3/c1-16(17-5-3-2-4-6-17)28-25(30)12-20(18-7-9-22-23(11-18)32-15-31-22)21-13-27-24-10-8-19(26)14-29(21)24/h2-11,13-14,16,20H,12,15H2,1H3,(H,28,30). The van der Waals surface area contributed by atoms with Gasteiger partial charge in [0.15, 0.2) is 11.5 Å². The van der Waals surface area contributed by atoms with Gasteiger partial charge in [0.2, 0.25) is 12.7 Å². The van der Waals surface area contributed by atoms with E-state index in [-0.39, 0.29) is 31.1 Å². The minimum Gasteiger partial charge on any atom is -0.454 e. The number of pyridine rings is 1. The first-order chi connectivity index (χ1) is 15.6. The molecule has 0 spiro atoms. The fraction of sp³-hybridized carbons (Fsp3) is 0.200. The average Bonchev–Trinajstić information content (AvgIpc) is 3.44. The molecule has 0 aliphatic carbocycles. The SMILES string of the molecule is CC(NC(=O)CC(c1ccc2c(c1)OCO2)c1cnc2ccc(Cl)cn12)c1ccccc1. The highest BCUT2D eigenvalue weighted by Crippen LogP contribution is 2.38. The Labute approximate surface area is 190 Å². The molecule has 0 fully saturated rings. The molecule has 1 amide bonds. The zero-order valence-electron chi connectivity index (χ0n) is 17.5. The van der Waals surface area contributed by atoms with E-state index in [9.17, 15) is 4.79 Å². The van der Waals surface area contributed by atoms with Crippen LogP contribution in [-0.4, -0.2) is 22.1 Å². The van der Waals surface area contributed by atoms with Gasteiger partial charge in [-0.2, -0.15) is 0 Å². The number of hydrogen-bond acceptors (Lipinski definition) is 4. The quantitative estimate of drug-likeness (QED) is 0.445. The Morgan fingerprint density at radius 1 is 1.09 bits per heavy atom. The summed E-state index contributed by atoms with van der Waals surface area (Å²) in [5.74, 6) is 1.08. The highest BCUT2D eigenvalue weighted by atomic mass is 35.5. The van der Waals surface area contributed by atoms with Crippen molar-refractivity contribution in [2.24, 2.45) is 0 Å². The highest BCUT2D eigenvalue weighted by Gasteiger charge is 2.25. The first kappa shape index (κ1) is 20.4. The molecule has 5 rings (SSSR count). The largest absolute Gasteiger partial charge is 0.454 e. The van der Waals surface area contributed by atoms with Crippen molar-refractivity contribution in [3.8, 4) is 11.5 Å². The Hall–Kier alpha value is -3.51. The zero-order valence-corrected chi connectivity index (χ0v) is 18.3. The average molecular weight is 448 g/mol. The van der Waals surface area contributed by atoms with Crippen LogP contribution in [0, 0.1) is 0 Å². The van der Waals surface area contributed by atoms with Crippen molar-refractivity contribution < 1.29 is 14.3 Å². The zero-order chi connectivity index (χ0) is 22.1. The minimum absolute atomic E-state index is 0.0546. The van der Waals surface area contributed by atoms with Crippen LogP contribution in [0.2, 0.25) is 5.02 Å². The Morgan fingerprint density at radius 2 is 1.91 bits per heavy atom. The van der Waals surface area contributed by atoms with Gasteiger partial charge in [-0.25, -0.2) is 4.98 Å². The summed E-state index contributed by atoms with van der Waals surface area (Å²) in [7, 11) is 0. The number of hydrogen-bond donors (Lipinski definition) is 1. The van der Waals surface area contributed by atoms with Crippen LogP contribution in [0.25, 0.3) is 5.65 Å². The summed E-state index contributed by atoms with van der Waals surface area (Å²) in [5.41, 5.74) is 3.65. The van der Waals surface area contributed by atoms with E-state index in [4.69, 9.17) is 21.1 Å². The second kappa shape index (κ2) is 8.55. The van der Waals surface area contributed by atoms with Gasteiger partial charge in [-0.1, -0.05) is 48.0 Å². The Morgan fingerprint density at radius 3 is 2.75 bits per heavy atom. The van der Waals surface area contributed by atoms with E-state index in [0.717, 1.165) is 22.5 Å². The van der Waals surface area contributed by atoms with Crippen molar-refractivity contribution in [1.82, 2.24) is 14.7 Å². The molecule has 162 valence electrons. The van der Waals surface area contributed by atoms with Crippen LogP contribution in [0.15, 0.2) is 73.1 Å². The monoisotopic (exact) mass is 447 g/mol. The maximum Gasteiger partial charge on any atom is 0.231 e. The normalized spacial score (nSPS) is 14.3. The summed E-state index contributed by atoms with van der Waals surface area (Å²) < 4.78 is 13.0. The molecule has 4 aromatic rings. The minimum atomic E-state index is -0.249. The fourth-order valence-electron chi connectivity index (χ4n) is 4.07. The van der Waals surface area contributed by atoms with E-state index >= 15 is 0 Å². The number of imidazole rings is 1. The maximum atomic E-state index is 13.1. The number of halogens is 1. The van der Waals surface area contributed by atoms with E-state index in [1.54, 1.807) is 12.3 Å². The molecule has 0 radical (unpaired) electrons. The van der Waals surface area contributed by atoms with Gasteiger partial charge < -0.3 is 19.2 Å². The van der Waals surface area contributed by atoms with Gasteiger partial charge in [0, 0.05) is 24.7 Å². The van der Waals surface area contributed by atoms with Crippen LogP contribution in [0.4, 0.5) is 0 Å². The molecule has 7 heteroatoms. The van der Waals surface area contributed by atoms with Crippen molar-refractivity contribution in [3.63, 3.8) is 0 Å². The lowest BCUT2D eigenvalue weighted by atomic mass is 9.91. The third-order valence-electron chi connectivity index (χ3n) is 5.72. The lowest BCUT2D eigenvalue weighted by Crippen LogP contribution is -2.28. The number of fused-ring (bicyclic) bond motifs is 2. The smallest absolute Gasteiger partial charge is 0.231 e. The van der Waals surface area contributed by atoms with Crippen LogP contribution in [-0.2, 0) is 4.79 Å². The fourth-order valence-corrected chi connectivity index (χ4v) is 4.23. The molecule has 0 bridgehead atoms. The van der Waals surface area contributed by atoms with Gasteiger partial charge in [0.05, 0.1) is 16.8 Å². The van der Waals surface area contributed by atoms with E-state index in [1.807, 2.05) is 72.1 Å². The molecule has 1 N–H and O–H groups in total. The van der Waals surface area contributed by atoms with E-state index in [2.05, 4.69) is 10.3 Å². The molecule has 0 saturated heterocycles. The second-order valence-corrected chi connectivity index (χ2v) is 8.26. The number of nitrogens with zero attached hydrogens (tertiary/aromatic N) is 2. The van der Waals surface area contributed by atoms with Crippen molar-refractivity contribution >= 4 is 23.2 Å². The number of amides is 1. The Kier molecular flexibility index (Phi) is 5.45. The van der Waals surface area contributed by atoms with Crippen LogP contribution < -0.4 is 14.8 Å². The summed E-state index contributed by atoms with van der Waals surface area (Å²) in [5, 5.41) is 3.72. The summed E-state index contributed by atoms with van der Waals surface area (Å²) in [6, 6.07) is 19.3. The van der Waals surface area contributed by atoms with Crippen molar-refractivity contribution in [1.29, 1.82) is 0 Å². The number of carbonyl (C=O) groups is 1. The van der Waals surface area contributed by atoms with Crippen LogP contribution in [0.3, 0.4) is 0 Å². The summed E-state index contributed by atoms with van der Waals surface area (Å²) in [6.07, 6.45) is 3.87. The summed E-state index contributed by atoms with van der Waals surface area (Å²) >= 11 is 6.25. The predicted molar refractivity (Wildman–Crippen MR) is 122 cm³/mol. The second-order valence-electron chi connectivity index (χ2n) is 7.83. The summed E-state index contributed by atoms with van der Waals surface area (Å²) in [4.78, 5) is 17.6. The lowest BCUT2D eigenvalue weighted by Gasteiger charge is -2.20. The molecular formula is C25H22ClN3O3. The lowest BCUT2D eigenvalue weighted by molar-refractivity contribution is -0.122. The van der Waals surface area contributed by atoms with E-state index in [1.165, 1.54) is 0 Å². The first-order valence-electron chi connectivity index (χ1n) is 10.4. The molecular weight excluding hydrogens is 426 g/mol. The molecule has 3 heterocycles.